The van der Waals surface area contributed by atoms with Crippen molar-refractivity contribution in [3.63, 3.8) is 0 Å². The highest BCUT2D eigenvalue weighted by Gasteiger charge is 2.05. The minimum atomic E-state index is -0.0699. The standard InChI is InChI=1S/C12H15N5O/c1-8-4-12(18)17(9(2)16-8)7-10-5-15-11(13-3)6-14-10/h4-6H,7H2,1-3H3,(H,13,15). The van der Waals surface area contributed by atoms with Gasteiger partial charge in [0.15, 0.2) is 0 Å². The fourth-order valence-electron chi connectivity index (χ4n) is 1.68. The van der Waals surface area contributed by atoms with Crippen LogP contribution in [0.5, 0.6) is 0 Å². The molecule has 0 aliphatic heterocycles. The molecule has 1 N–H and O–H groups in total. The Hall–Kier alpha value is -2.24. The van der Waals surface area contributed by atoms with E-state index in [-0.39, 0.29) is 5.56 Å². The first kappa shape index (κ1) is 12.2. The summed E-state index contributed by atoms with van der Waals surface area (Å²) < 4.78 is 1.58. The summed E-state index contributed by atoms with van der Waals surface area (Å²) in [6.07, 6.45) is 3.29. The molecule has 0 bridgehead atoms. The Balaban J connectivity index is 2.31. The van der Waals surface area contributed by atoms with Crippen LogP contribution in [-0.2, 0) is 6.54 Å². The maximum atomic E-state index is 11.9. The Morgan fingerprint density at radius 3 is 2.61 bits per heavy atom. The fraction of sp³-hybridized carbons (Fsp3) is 0.333. The monoisotopic (exact) mass is 245 g/mol. The van der Waals surface area contributed by atoms with Gasteiger partial charge >= 0.3 is 0 Å². The number of rotatable bonds is 3. The van der Waals surface area contributed by atoms with Crippen LogP contribution in [0.2, 0.25) is 0 Å². The summed E-state index contributed by atoms with van der Waals surface area (Å²) in [5.41, 5.74) is 1.38. The first-order valence-electron chi connectivity index (χ1n) is 5.64. The normalized spacial score (nSPS) is 10.4. The van der Waals surface area contributed by atoms with Crippen LogP contribution in [0, 0.1) is 13.8 Å². The van der Waals surface area contributed by atoms with Gasteiger partial charge in [-0.3, -0.25) is 14.3 Å². The second-order valence-corrected chi connectivity index (χ2v) is 4.01. The van der Waals surface area contributed by atoms with Crippen LogP contribution in [0.4, 0.5) is 5.82 Å². The Kier molecular flexibility index (Phi) is 3.36. The lowest BCUT2D eigenvalue weighted by molar-refractivity contribution is 0.678. The van der Waals surface area contributed by atoms with Gasteiger partial charge in [-0.2, -0.15) is 0 Å². The molecule has 2 heterocycles. The maximum absolute atomic E-state index is 11.9. The zero-order valence-electron chi connectivity index (χ0n) is 10.6. The van der Waals surface area contributed by atoms with Crippen molar-refractivity contribution in [2.75, 3.05) is 12.4 Å². The van der Waals surface area contributed by atoms with Gasteiger partial charge in [-0.15, -0.1) is 0 Å². The molecule has 2 aromatic heterocycles. The maximum Gasteiger partial charge on any atom is 0.254 e. The summed E-state index contributed by atoms with van der Waals surface area (Å²) in [6.45, 7) is 4.00. The third-order valence-electron chi connectivity index (χ3n) is 2.61. The van der Waals surface area contributed by atoms with Crippen molar-refractivity contribution in [2.45, 2.75) is 20.4 Å². The third-order valence-corrected chi connectivity index (χ3v) is 2.61. The summed E-state index contributed by atoms with van der Waals surface area (Å²) in [6, 6.07) is 1.52. The number of nitrogens with zero attached hydrogens (tertiary/aromatic N) is 4. The van der Waals surface area contributed by atoms with Gasteiger partial charge in [-0.25, -0.2) is 9.97 Å². The molecular formula is C12H15N5O. The summed E-state index contributed by atoms with van der Waals surface area (Å²) in [4.78, 5) is 24.5. The topological polar surface area (TPSA) is 72.7 Å². The largest absolute Gasteiger partial charge is 0.372 e. The van der Waals surface area contributed by atoms with E-state index in [9.17, 15) is 4.79 Å². The van der Waals surface area contributed by atoms with Crippen molar-refractivity contribution in [2.24, 2.45) is 0 Å². The molecule has 6 heteroatoms. The average molecular weight is 245 g/mol. The third kappa shape index (κ3) is 2.53. The second kappa shape index (κ2) is 4.95. The molecule has 18 heavy (non-hydrogen) atoms. The van der Waals surface area contributed by atoms with Crippen LogP contribution < -0.4 is 10.9 Å². The van der Waals surface area contributed by atoms with Crippen molar-refractivity contribution < 1.29 is 0 Å². The van der Waals surface area contributed by atoms with E-state index in [1.807, 2.05) is 6.92 Å². The lowest BCUT2D eigenvalue weighted by atomic mass is 10.4. The molecule has 94 valence electrons. The van der Waals surface area contributed by atoms with Crippen molar-refractivity contribution in [1.29, 1.82) is 0 Å². The van der Waals surface area contributed by atoms with Gasteiger partial charge in [-0.1, -0.05) is 0 Å². The SMILES string of the molecule is CNc1cnc(Cn2c(C)nc(C)cc2=O)cn1. The van der Waals surface area contributed by atoms with E-state index in [1.165, 1.54) is 6.07 Å². The summed E-state index contributed by atoms with van der Waals surface area (Å²) in [7, 11) is 1.78. The van der Waals surface area contributed by atoms with Gasteiger partial charge in [0.05, 0.1) is 24.6 Å². The van der Waals surface area contributed by atoms with Crippen molar-refractivity contribution in [1.82, 2.24) is 19.5 Å². The summed E-state index contributed by atoms with van der Waals surface area (Å²) >= 11 is 0. The number of aromatic nitrogens is 4. The highest BCUT2D eigenvalue weighted by Crippen LogP contribution is 2.02. The molecule has 0 fully saturated rings. The van der Waals surface area contributed by atoms with Crippen molar-refractivity contribution >= 4 is 5.82 Å². The van der Waals surface area contributed by atoms with Gasteiger partial charge in [-0.05, 0) is 13.8 Å². The zero-order chi connectivity index (χ0) is 13.1. The van der Waals surface area contributed by atoms with Crippen molar-refractivity contribution in [3.8, 4) is 0 Å². The van der Waals surface area contributed by atoms with E-state index in [2.05, 4.69) is 20.3 Å². The number of anilines is 1. The molecule has 0 atom stereocenters. The van der Waals surface area contributed by atoms with E-state index in [4.69, 9.17) is 0 Å². The van der Waals surface area contributed by atoms with E-state index in [1.54, 1.807) is 30.9 Å². The van der Waals surface area contributed by atoms with Gasteiger partial charge in [0.25, 0.3) is 5.56 Å². The Bertz CT molecular complexity index is 603. The molecule has 2 rings (SSSR count). The second-order valence-electron chi connectivity index (χ2n) is 4.01. The Labute approximate surface area is 105 Å². The lowest BCUT2D eigenvalue weighted by Gasteiger charge is -2.09. The van der Waals surface area contributed by atoms with Crippen LogP contribution >= 0.6 is 0 Å². The predicted octanol–water partition coefficient (Wildman–Crippen LogP) is 0.740. The minimum absolute atomic E-state index is 0.0699. The smallest absolute Gasteiger partial charge is 0.254 e. The number of aryl methyl sites for hydroxylation is 2. The average Bonchev–Trinajstić information content (AvgIpc) is 2.34. The van der Waals surface area contributed by atoms with Gasteiger partial charge < -0.3 is 5.32 Å². The predicted molar refractivity (Wildman–Crippen MR) is 68.7 cm³/mol. The molecule has 0 aromatic carbocycles. The molecule has 0 aliphatic carbocycles. The van der Waals surface area contributed by atoms with Crippen LogP contribution in [0.15, 0.2) is 23.3 Å². The molecule has 0 spiro atoms. The van der Waals surface area contributed by atoms with Crippen LogP contribution in [0.3, 0.4) is 0 Å². The first-order valence-corrected chi connectivity index (χ1v) is 5.64. The molecular weight excluding hydrogens is 230 g/mol. The quantitative estimate of drug-likeness (QED) is 0.863. The highest BCUT2D eigenvalue weighted by atomic mass is 16.1. The van der Waals surface area contributed by atoms with E-state index in [0.29, 0.717) is 18.2 Å². The molecule has 0 unspecified atom stereocenters. The van der Waals surface area contributed by atoms with E-state index >= 15 is 0 Å². The molecule has 0 saturated heterocycles. The minimum Gasteiger partial charge on any atom is -0.372 e. The van der Waals surface area contributed by atoms with Crippen LogP contribution in [0.1, 0.15) is 17.2 Å². The van der Waals surface area contributed by atoms with E-state index < -0.39 is 0 Å². The van der Waals surface area contributed by atoms with Gasteiger partial charge in [0, 0.05) is 18.8 Å². The first-order chi connectivity index (χ1) is 8.60. The van der Waals surface area contributed by atoms with Crippen molar-refractivity contribution in [3.05, 3.63) is 46.0 Å². The Morgan fingerprint density at radius 2 is 2.06 bits per heavy atom. The van der Waals surface area contributed by atoms with Crippen LogP contribution in [-0.4, -0.2) is 26.6 Å². The number of hydrogen-bond donors (Lipinski definition) is 1. The van der Waals surface area contributed by atoms with E-state index in [0.717, 1.165) is 11.4 Å². The Morgan fingerprint density at radius 1 is 1.28 bits per heavy atom. The fourth-order valence-corrected chi connectivity index (χ4v) is 1.68. The molecule has 0 aliphatic rings. The highest BCUT2D eigenvalue weighted by molar-refractivity contribution is 5.29. The molecule has 0 radical (unpaired) electrons. The summed E-state index contributed by atoms with van der Waals surface area (Å²) in [5, 5.41) is 2.89. The zero-order valence-corrected chi connectivity index (χ0v) is 10.6. The molecule has 6 nitrogen and oxygen atoms in total. The lowest BCUT2D eigenvalue weighted by Crippen LogP contribution is -2.24. The molecule has 2 aromatic rings. The van der Waals surface area contributed by atoms with Crippen LogP contribution in [0.25, 0.3) is 0 Å². The number of hydrogen-bond acceptors (Lipinski definition) is 5. The molecule has 0 saturated carbocycles. The molecule has 0 amide bonds. The number of nitrogens with one attached hydrogen (secondary N) is 1. The summed E-state index contributed by atoms with van der Waals surface area (Å²) in [5.74, 6) is 1.38. The van der Waals surface area contributed by atoms with Gasteiger partial charge in [0.2, 0.25) is 0 Å². The van der Waals surface area contributed by atoms with Gasteiger partial charge in [0.1, 0.15) is 11.6 Å².